The Morgan fingerprint density at radius 2 is 2.08 bits per heavy atom. The van der Waals surface area contributed by atoms with Gasteiger partial charge in [0.25, 0.3) is 0 Å². The molecule has 0 aliphatic carbocycles. The quantitative estimate of drug-likeness (QED) is 0.835. The first kappa shape index (κ1) is 17.2. The number of imidazole rings is 1. The molecule has 1 aromatic carbocycles. The minimum Gasteiger partial charge on any atom is -0.339 e. The molecule has 1 atom stereocenters. The average Bonchev–Trinajstić information content (AvgIpc) is 3.08. The van der Waals surface area contributed by atoms with E-state index in [1.807, 2.05) is 40.1 Å². The molecule has 0 radical (unpaired) electrons. The lowest BCUT2D eigenvalue weighted by atomic mass is 10.1. The molecule has 1 unspecified atom stereocenters. The summed E-state index contributed by atoms with van der Waals surface area (Å²) in [6.45, 7) is 4.00. The first-order valence-electron chi connectivity index (χ1n) is 8.74. The number of hydrogen-bond acceptors (Lipinski definition) is 3. The fourth-order valence-electron chi connectivity index (χ4n) is 3.23. The van der Waals surface area contributed by atoms with Gasteiger partial charge in [0.05, 0.1) is 6.33 Å². The maximum Gasteiger partial charge on any atom is 0.242 e. The van der Waals surface area contributed by atoms with Gasteiger partial charge in [-0.15, -0.1) is 0 Å². The molecule has 1 aromatic heterocycles. The van der Waals surface area contributed by atoms with Crippen LogP contribution in [0.4, 0.5) is 0 Å². The minimum absolute atomic E-state index is 0.0332. The van der Waals surface area contributed by atoms with Crippen molar-refractivity contribution in [2.75, 3.05) is 13.1 Å². The van der Waals surface area contributed by atoms with E-state index in [1.165, 1.54) is 0 Å². The van der Waals surface area contributed by atoms with Crippen LogP contribution < -0.4 is 0 Å². The molecule has 132 valence electrons. The number of amides is 2. The minimum atomic E-state index is 0.0332. The molecule has 3 rings (SSSR count). The molecule has 6 heteroatoms. The van der Waals surface area contributed by atoms with E-state index in [4.69, 9.17) is 0 Å². The first-order chi connectivity index (χ1) is 12.2. The van der Waals surface area contributed by atoms with Crippen molar-refractivity contribution in [3.63, 3.8) is 0 Å². The predicted molar refractivity (Wildman–Crippen MR) is 94.5 cm³/mol. The van der Waals surface area contributed by atoms with Crippen LogP contribution in [-0.2, 0) is 22.7 Å². The molecule has 2 amide bonds. The van der Waals surface area contributed by atoms with E-state index in [0.717, 1.165) is 12.0 Å². The summed E-state index contributed by atoms with van der Waals surface area (Å²) in [5.74, 6) is 0.152. The highest BCUT2D eigenvalue weighted by Crippen LogP contribution is 2.18. The molecule has 1 aliphatic rings. The first-order valence-corrected chi connectivity index (χ1v) is 8.74. The van der Waals surface area contributed by atoms with E-state index in [1.54, 1.807) is 23.3 Å². The largest absolute Gasteiger partial charge is 0.339 e. The number of carbonyl (C=O) groups is 2. The van der Waals surface area contributed by atoms with E-state index in [0.29, 0.717) is 26.1 Å². The summed E-state index contributed by atoms with van der Waals surface area (Å²) in [6.07, 6.45) is 6.28. The third-order valence-corrected chi connectivity index (χ3v) is 4.68. The fraction of sp³-hybridized carbons (Fsp3) is 0.421. The van der Waals surface area contributed by atoms with Crippen LogP contribution in [0.25, 0.3) is 0 Å². The molecule has 6 nitrogen and oxygen atoms in total. The van der Waals surface area contributed by atoms with E-state index in [-0.39, 0.29) is 24.4 Å². The second kappa shape index (κ2) is 7.96. The SMILES string of the molecule is CCC1CN(C(=O)Cn2ccnc2)CCC(=O)N1Cc1ccccc1. The Kier molecular flexibility index (Phi) is 5.48. The molecule has 0 saturated carbocycles. The van der Waals surface area contributed by atoms with E-state index in [9.17, 15) is 9.59 Å². The molecule has 2 heterocycles. The van der Waals surface area contributed by atoms with Crippen molar-refractivity contribution in [2.24, 2.45) is 0 Å². The van der Waals surface area contributed by atoms with Crippen molar-refractivity contribution in [3.05, 3.63) is 54.6 Å². The summed E-state index contributed by atoms with van der Waals surface area (Å²) in [5.41, 5.74) is 1.12. The van der Waals surface area contributed by atoms with Crippen molar-refractivity contribution < 1.29 is 9.59 Å². The molecule has 0 spiro atoms. The van der Waals surface area contributed by atoms with Gasteiger partial charge in [-0.25, -0.2) is 4.98 Å². The van der Waals surface area contributed by atoms with Crippen LogP contribution in [0, 0.1) is 0 Å². The normalized spacial score (nSPS) is 18.3. The van der Waals surface area contributed by atoms with Crippen molar-refractivity contribution in [1.82, 2.24) is 19.4 Å². The number of nitrogens with zero attached hydrogens (tertiary/aromatic N) is 4. The van der Waals surface area contributed by atoms with Gasteiger partial charge >= 0.3 is 0 Å². The zero-order valence-electron chi connectivity index (χ0n) is 14.5. The molecule has 1 saturated heterocycles. The maximum atomic E-state index is 12.6. The van der Waals surface area contributed by atoms with Gasteiger partial charge in [0.2, 0.25) is 11.8 Å². The van der Waals surface area contributed by atoms with Crippen LogP contribution in [0.15, 0.2) is 49.1 Å². The number of carbonyl (C=O) groups excluding carboxylic acids is 2. The van der Waals surface area contributed by atoms with Gasteiger partial charge in [0, 0.05) is 44.5 Å². The van der Waals surface area contributed by atoms with Gasteiger partial charge in [-0.05, 0) is 12.0 Å². The molecule has 0 N–H and O–H groups in total. The second-order valence-electron chi connectivity index (χ2n) is 6.39. The van der Waals surface area contributed by atoms with Crippen molar-refractivity contribution in [3.8, 4) is 0 Å². The van der Waals surface area contributed by atoms with Crippen LogP contribution in [0.5, 0.6) is 0 Å². The van der Waals surface area contributed by atoms with Crippen LogP contribution in [0.2, 0.25) is 0 Å². The highest BCUT2D eigenvalue weighted by molar-refractivity contribution is 5.80. The van der Waals surface area contributed by atoms with Crippen LogP contribution >= 0.6 is 0 Å². The monoisotopic (exact) mass is 340 g/mol. The lowest BCUT2D eigenvalue weighted by molar-refractivity contribution is -0.133. The van der Waals surface area contributed by atoms with E-state index < -0.39 is 0 Å². The van der Waals surface area contributed by atoms with Crippen LogP contribution in [-0.4, -0.2) is 50.3 Å². The number of hydrogen-bond donors (Lipinski definition) is 0. The molecular weight excluding hydrogens is 316 g/mol. The van der Waals surface area contributed by atoms with Gasteiger partial charge < -0.3 is 14.4 Å². The predicted octanol–water partition coefficient (Wildman–Crippen LogP) is 1.92. The van der Waals surface area contributed by atoms with E-state index >= 15 is 0 Å². The zero-order valence-corrected chi connectivity index (χ0v) is 14.5. The Labute approximate surface area is 148 Å². The van der Waals surface area contributed by atoms with Gasteiger partial charge in [-0.1, -0.05) is 37.3 Å². The lowest BCUT2D eigenvalue weighted by Crippen LogP contribution is -2.44. The third-order valence-electron chi connectivity index (χ3n) is 4.68. The van der Waals surface area contributed by atoms with Crippen molar-refractivity contribution >= 4 is 11.8 Å². The fourth-order valence-corrected chi connectivity index (χ4v) is 3.23. The zero-order chi connectivity index (χ0) is 17.6. The summed E-state index contributed by atoms with van der Waals surface area (Å²) >= 11 is 0. The molecule has 1 fully saturated rings. The Bertz CT molecular complexity index is 699. The Morgan fingerprint density at radius 3 is 2.76 bits per heavy atom. The molecule has 25 heavy (non-hydrogen) atoms. The summed E-state index contributed by atoms with van der Waals surface area (Å²) in [5, 5.41) is 0. The summed E-state index contributed by atoms with van der Waals surface area (Å²) in [4.78, 5) is 33.0. The Morgan fingerprint density at radius 1 is 1.28 bits per heavy atom. The standard InChI is InChI=1S/C19H24N4O2/c1-2-17-13-22(19(25)14-21-11-9-20-15-21)10-8-18(24)23(17)12-16-6-4-3-5-7-16/h3-7,9,11,15,17H,2,8,10,12-14H2,1H3. The number of aromatic nitrogens is 2. The van der Waals surface area contributed by atoms with Crippen LogP contribution in [0.3, 0.4) is 0 Å². The van der Waals surface area contributed by atoms with Crippen molar-refractivity contribution in [1.29, 1.82) is 0 Å². The molecule has 2 aromatic rings. The molecule has 0 bridgehead atoms. The van der Waals surface area contributed by atoms with Gasteiger partial charge in [-0.2, -0.15) is 0 Å². The second-order valence-corrected chi connectivity index (χ2v) is 6.39. The summed E-state index contributed by atoms with van der Waals surface area (Å²) in [6, 6.07) is 10.1. The lowest BCUT2D eigenvalue weighted by Gasteiger charge is -2.31. The summed E-state index contributed by atoms with van der Waals surface area (Å²) in [7, 11) is 0. The Balaban J connectivity index is 1.70. The number of rotatable bonds is 5. The van der Waals surface area contributed by atoms with Crippen LogP contribution in [0.1, 0.15) is 25.3 Å². The highest BCUT2D eigenvalue weighted by Gasteiger charge is 2.30. The van der Waals surface area contributed by atoms with Crippen molar-refractivity contribution in [2.45, 2.75) is 38.9 Å². The molecule has 1 aliphatic heterocycles. The Hall–Kier alpha value is -2.63. The average molecular weight is 340 g/mol. The smallest absolute Gasteiger partial charge is 0.242 e. The van der Waals surface area contributed by atoms with E-state index in [2.05, 4.69) is 11.9 Å². The van der Waals surface area contributed by atoms with Gasteiger partial charge in [-0.3, -0.25) is 9.59 Å². The van der Waals surface area contributed by atoms with Gasteiger partial charge in [0.15, 0.2) is 0 Å². The number of benzene rings is 1. The highest BCUT2D eigenvalue weighted by atomic mass is 16.2. The summed E-state index contributed by atoms with van der Waals surface area (Å²) < 4.78 is 1.76. The van der Waals surface area contributed by atoms with Gasteiger partial charge in [0.1, 0.15) is 6.54 Å². The molecular formula is C19H24N4O2. The topological polar surface area (TPSA) is 58.4 Å². The third kappa shape index (κ3) is 4.26. The maximum absolute atomic E-state index is 12.6.